The Kier molecular flexibility index (Phi) is 6.46. The molecule has 0 saturated heterocycles. The molecule has 0 saturated carbocycles. The van der Waals surface area contributed by atoms with Crippen molar-refractivity contribution in [1.29, 1.82) is 0 Å². The minimum absolute atomic E-state index is 0.00581. The molecule has 0 bridgehead atoms. The summed E-state index contributed by atoms with van der Waals surface area (Å²) in [5.74, 6) is 0.274. The molecule has 4 rings (SSSR count). The summed E-state index contributed by atoms with van der Waals surface area (Å²) in [6.45, 7) is 1.63. The summed E-state index contributed by atoms with van der Waals surface area (Å²) in [6, 6.07) is 21.5. The average Bonchev–Trinajstić information content (AvgIpc) is 2.79. The van der Waals surface area contributed by atoms with Gasteiger partial charge in [0.2, 0.25) is 0 Å². The lowest BCUT2D eigenvalue weighted by molar-refractivity contribution is -0.124. The number of carbonyl (C=O) groups is 1. The van der Waals surface area contributed by atoms with Gasteiger partial charge in [0.05, 0.1) is 10.9 Å². The van der Waals surface area contributed by atoms with E-state index in [2.05, 4.69) is 22.2 Å². The van der Waals surface area contributed by atoms with Gasteiger partial charge in [-0.05, 0) is 73.2 Å². The van der Waals surface area contributed by atoms with E-state index in [1.165, 1.54) is 23.3 Å². The predicted octanol–water partition coefficient (Wildman–Crippen LogP) is 4.37. The van der Waals surface area contributed by atoms with Crippen molar-refractivity contribution >= 4 is 21.6 Å². The third kappa shape index (κ3) is 5.11. The van der Waals surface area contributed by atoms with Gasteiger partial charge in [-0.1, -0.05) is 42.5 Å². The standard InChI is InChI=1S/C25H26N2O4S/c1-18-16-21(32(29,30)27-20-10-3-2-4-11-20)14-15-24(18)31-17-25(28)26-23-13-7-9-19-8-5-6-12-22(19)23/h2-6,8,10-12,14-16,23,27H,7,9,13,17H2,1H3,(H,26,28)/t23-/m0/s1. The summed E-state index contributed by atoms with van der Waals surface area (Å²) in [5.41, 5.74) is 3.58. The van der Waals surface area contributed by atoms with Crippen LogP contribution in [-0.2, 0) is 21.2 Å². The van der Waals surface area contributed by atoms with Crippen LogP contribution in [0.3, 0.4) is 0 Å². The van der Waals surface area contributed by atoms with Crippen molar-refractivity contribution in [2.45, 2.75) is 37.1 Å². The fraction of sp³-hybridized carbons (Fsp3) is 0.240. The second-order valence-electron chi connectivity index (χ2n) is 7.90. The third-order valence-corrected chi connectivity index (χ3v) is 6.93. The van der Waals surface area contributed by atoms with Crippen molar-refractivity contribution in [3.63, 3.8) is 0 Å². The van der Waals surface area contributed by atoms with Crippen LogP contribution in [0, 0.1) is 6.92 Å². The van der Waals surface area contributed by atoms with E-state index in [4.69, 9.17) is 4.74 Å². The third-order valence-electron chi connectivity index (χ3n) is 5.55. The summed E-state index contributed by atoms with van der Waals surface area (Å²) in [7, 11) is -3.72. The number of hydrogen-bond acceptors (Lipinski definition) is 4. The fourth-order valence-electron chi connectivity index (χ4n) is 3.95. The maximum Gasteiger partial charge on any atom is 0.261 e. The first-order chi connectivity index (χ1) is 15.4. The molecule has 6 nitrogen and oxygen atoms in total. The molecule has 1 amide bonds. The Morgan fingerprint density at radius 2 is 1.78 bits per heavy atom. The molecule has 1 atom stereocenters. The second-order valence-corrected chi connectivity index (χ2v) is 9.58. The molecule has 0 aliphatic heterocycles. The Morgan fingerprint density at radius 1 is 1.03 bits per heavy atom. The van der Waals surface area contributed by atoms with E-state index in [1.54, 1.807) is 37.3 Å². The van der Waals surface area contributed by atoms with Crippen LogP contribution in [0.15, 0.2) is 77.7 Å². The van der Waals surface area contributed by atoms with E-state index in [-0.39, 0.29) is 23.5 Å². The highest BCUT2D eigenvalue weighted by Crippen LogP contribution is 2.29. The molecule has 7 heteroatoms. The molecule has 0 aromatic heterocycles. The number of carbonyl (C=O) groups excluding carboxylic acids is 1. The van der Waals surface area contributed by atoms with Crippen molar-refractivity contribution in [3.8, 4) is 5.75 Å². The van der Waals surface area contributed by atoms with Crippen LogP contribution in [0.25, 0.3) is 0 Å². The van der Waals surface area contributed by atoms with Gasteiger partial charge in [0.15, 0.2) is 6.61 Å². The van der Waals surface area contributed by atoms with Crippen molar-refractivity contribution in [1.82, 2.24) is 5.32 Å². The smallest absolute Gasteiger partial charge is 0.261 e. The van der Waals surface area contributed by atoms with Gasteiger partial charge in [0.1, 0.15) is 5.75 Å². The number of aryl methyl sites for hydroxylation is 2. The largest absolute Gasteiger partial charge is 0.484 e. The molecule has 0 heterocycles. The molecule has 3 aromatic carbocycles. The zero-order chi connectivity index (χ0) is 22.6. The minimum Gasteiger partial charge on any atom is -0.484 e. The Hall–Kier alpha value is -3.32. The highest BCUT2D eigenvalue weighted by atomic mass is 32.2. The Balaban J connectivity index is 1.38. The van der Waals surface area contributed by atoms with Crippen molar-refractivity contribution in [2.24, 2.45) is 0 Å². The number of anilines is 1. The molecule has 2 N–H and O–H groups in total. The first-order valence-electron chi connectivity index (χ1n) is 10.6. The maximum absolute atomic E-state index is 12.6. The highest BCUT2D eigenvalue weighted by molar-refractivity contribution is 7.92. The van der Waals surface area contributed by atoms with Crippen LogP contribution >= 0.6 is 0 Å². The molecule has 3 aromatic rings. The molecule has 0 unspecified atom stereocenters. The second kappa shape index (κ2) is 9.44. The van der Waals surface area contributed by atoms with E-state index >= 15 is 0 Å². The van der Waals surface area contributed by atoms with E-state index in [9.17, 15) is 13.2 Å². The Bertz CT molecular complexity index is 1210. The number of nitrogens with one attached hydrogen (secondary N) is 2. The maximum atomic E-state index is 12.6. The minimum atomic E-state index is -3.72. The molecular weight excluding hydrogens is 424 g/mol. The number of amides is 1. The molecule has 1 aliphatic carbocycles. The Labute approximate surface area is 188 Å². The van der Waals surface area contributed by atoms with Gasteiger partial charge in [-0.2, -0.15) is 0 Å². The van der Waals surface area contributed by atoms with E-state index in [0.29, 0.717) is 17.0 Å². The van der Waals surface area contributed by atoms with Crippen LogP contribution in [0.5, 0.6) is 5.75 Å². The van der Waals surface area contributed by atoms with Gasteiger partial charge < -0.3 is 10.1 Å². The van der Waals surface area contributed by atoms with Gasteiger partial charge in [0, 0.05) is 5.69 Å². The molecule has 0 spiro atoms. The van der Waals surface area contributed by atoms with E-state index in [0.717, 1.165) is 19.3 Å². The lowest BCUT2D eigenvalue weighted by atomic mass is 9.88. The first kappa shape index (κ1) is 21.9. The van der Waals surface area contributed by atoms with Gasteiger partial charge in [0.25, 0.3) is 15.9 Å². The number of rotatable bonds is 7. The van der Waals surface area contributed by atoms with Crippen molar-refractivity contribution < 1.29 is 17.9 Å². The molecule has 32 heavy (non-hydrogen) atoms. The number of ether oxygens (including phenoxy) is 1. The van der Waals surface area contributed by atoms with Gasteiger partial charge in [-0.15, -0.1) is 0 Å². The number of fused-ring (bicyclic) bond motifs is 1. The van der Waals surface area contributed by atoms with Crippen LogP contribution in [0.2, 0.25) is 0 Å². The fourth-order valence-corrected chi connectivity index (χ4v) is 5.10. The van der Waals surface area contributed by atoms with Crippen molar-refractivity contribution in [3.05, 3.63) is 89.5 Å². The number of sulfonamides is 1. The Morgan fingerprint density at radius 3 is 2.56 bits per heavy atom. The summed E-state index contributed by atoms with van der Waals surface area (Å²) in [5, 5.41) is 3.06. The summed E-state index contributed by atoms with van der Waals surface area (Å²) in [6.07, 6.45) is 2.98. The van der Waals surface area contributed by atoms with Gasteiger partial charge in [-0.25, -0.2) is 8.42 Å². The molecule has 1 aliphatic rings. The van der Waals surface area contributed by atoms with Crippen LogP contribution in [0.1, 0.15) is 35.6 Å². The number of benzene rings is 3. The molecule has 0 fully saturated rings. The first-order valence-corrected chi connectivity index (χ1v) is 12.1. The SMILES string of the molecule is Cc1cc(S(=O)(=O)Nc2ccccc2)ccc1OCC(=O)N[C@H]1CCCc2ccccc21. The monoisotopic (exact) mass is 450 g/mol. The topological polar surface area (TPSA) is 84.5 Å². The quantitative estimate of drug-likeness (QED) is 0.560. The normalized spacial score (nSPS) is 15.5. The molecule has 166 valence electrons. The molecule has 0 radical (unpaired) electrons. The van der Waals surface area contributed by atoms with Gasteiger partial charge >= 0.3 is 0 Å². The van der Waals surface area contributed by atoms with Gasteiger partial charge in [-0.3, -0.25) is 9.52 Å². The summed E-state index contributed by atoms with van der Waals surface area (Å²) >= 11 is 0. The number of para-hydroxylation sites is 1. The van der Waals surface area contributed by atoms with Crippen LogP contribution in [-0.4, -0.2) is 20.9 Å². The zero-order valence-electron chi connectivity index (χ0n) is 17.9. The zero-order valence-corrected chi connectivity index (χ0v) is 18.7. The van der Waals surface area contributed by atoms with Crippen LogP contribution < -0.4 is 14.8 Å². The number of hydrogen-bond donors (Lipinski definition) is 2. The lowest BCUT2D eigenvalue weighted by Crippen LogP contribution is -2.34. The van der Waals surface area contributed by atoms with Crippen LogP contribution in [0.4, 0.5) is 5.69 Å². The average molecular weight is 451 g/mol. The van der Waals surface area contributed by atoms with E-state index in [1.807, 2.05) is 18.2 Å². The highest BCUT2D eigenvalue weighted by Gasteiger charge is 2.22. The summed E-state index contributed by atoms with van der Waals surface area (Å²) < 4.78 is 33.5. The van der Waals surface area contributed by atoms with E-state index < -0.39 is 10.0 Å². The summed E-state index contributed by atoms with van der Waals surface area (Å²) in [4.78, 5) is 12.6. The predicted molar refractivity (Wildman–Crippen MR) is 124 cm³/mol. The molecular formula is C25H26N2O4S. The lowest BCUT2D eigenvalue weighted by Gasteiger charge is -2.26. The van der Waals surface area contributed by atoms with Crippen molar-refractivity contribution in [2.75, 3.05) is 11.3 Å².